The number of aromatic nitrogens is 2. The van der Waals surface area contributed by atoms with Gasteiger partial charge in [-0.2, -0.15) is 4.98 Å². The Balaban J connectivity index is 2.27. The molecule has 1 atom stereocenters. The summed E-state index contributed by atoms with van der Waals surface area (Å²) in [5, 5.41) is 4.09. The van der Waals surface area contributed by atoms with Crippen molar-refractivity contribution in [2.75, 3.05) is 11.1 Å². The van der Waals surface area contributed by atoms with Gasteiger partial charge in [0.2, 0.25) is 5.95 Å². The molecule has 0 fully saturated rings. The molecule has 0 aliphatic rings. The van der Waals surface area contributed by atoms with E-state index < -0.39 is 0 Å². The number of nitrogens with two attached hydrogens (primary N) is 1. The van der Waals surface area contributed by atoms with E-state index in [-0.39, 0.29) is 23.6 Å². The average molecular weight is 318 g/mol. The summed E-state index contributed by atoms with van der Waals surface area (Å²) < 4.78 is 13.4. The van der Waals surface area contributed by atoms with Gasteiger partial charge in [0, 0.05) is 23.9 Å². The van der Waals surface area contributed by atoms with Crippen LogP contribution in [-0.4, -0.2) is 21.8 Å². The number of carbonyl (C=O) groups is 1. The van der Waals surface area contributed by atoms with E-state index in [9.17, 15) is 9.18 Å². The Bertz CT molecular complexity index is 684. The number of anilines is 2. The van der Waals surface area contributed by atoms with Gasteiger partial charge in [0.15, 0.2) is 0 Å². The third kappa shape index (κ3) is 4.87. The summed E-state index contributed by atoms with van der Waals surface area (Å²) in [6.45, 7) is 3.72. The molecule has 0 saturated carbocycles. The van der Waals surface area contributed by atoms with Crippen molar-refractivity contribution in [2.24, 2.45) is 0 Å². The Hall–Kier alpha value is -2.24. The molecule has 0 radical (unpaired) electrons. The number of nitrogens with zero attached hydrogens (tertiary/aromatic N) is 2. The molecule has 1 aromatic heterocycles. The Morgan fingerprint density at radius 1 is 1.35 bits per heavy atom. The lowest BCUT2D eigenvalue weighted by atomic mass is 10.0. The van der Waals surface area contributed by atoms with E-state index in [1.165, 1.54) is 12.1 Å². The van der Waals surface area contributed by atoms with E-state index in [0.717, 1.165) is 31.1 Å². The quantitative estimate of drug-likeness (QED) is 0.776. The van der Waals surface area contributed by atoms with Crippen molar-refractivity contribution in [1.29, 1.82) is 0 Å². The van der Waals surface area contributed by atoms with Crippen molar-refractivity contribution in [1.82, 2.24) is 9.97 Å². The average Bonchev–Trinajstić information content (AvgIpc) is 2.49. The summed E-state index contributed by atoms with van der Waals surface area (Å²) in [6.07, 6.45) is 4.34. The van der Waals surface area contributed by atoms with E-state index in [2.05, 4.69) is 22.2 Å². The van der Waals surface area contributed by atoms with Gasteiger partial charge in [-0.15, -0.1) is 0 Å². The predicted molar refractivity (Wildman–Crippen MR) is 90.8 cm³/mol. The lowest BCUT2D eigenvalue weighted by Crippen LogP contribution is -2.21. The number of nitrogen functional groups attached to an aromatic ring is 1. The number of hydrogen-bond acceptors (Lipinski definition) is 5. The molecule has 23 heavy (non-hydrogen) atoms. The van der Waals surface area contributed by atoms with Crippen LogP contribution in [0.1, 0.15) is 46.0 Å². The van der Waals surface area contributed by atoms with E-state index in [1.54, 1.807) is 13.0 Å². The van der Waals surface area contributed by atoms with Crippen LogP contribution < -0.4 is 11.1 Å². The normalized spacial score (nSPS) is 12.3. The van der Waals surface area contributed by atoms with Crippen LogP contribution in [0.3, 0.4) is 0 Å². The van der Waals surface area contributed by atoms with Gasteiger partial charge in [0.05, 0.1) is 5.52 Å². The van der Waals surface area contributed by atoms with Gasteiger partial charge in [-0.25, -0.2) is 9.37 Å². The Morgan fingerprint density at radius 2 is 2.13 bits per heavy atom. The number of nitrogens with one attached hydrogen (secondary N) is 1. The monoisotopic (exact) mass is 318 g/mol. The van der Waals surface area contributed by atoms with Gasteiger partial charge in [-0.1, -0.05) is 19.8 Å². The van der Waals surface area contributed by atoms with Crippen molar-refractivity contribution < 1.29 is 9.18 Å². The maximum atomic E-state index is 13.4. The minimum Gasteiger partial charge on any atom is -0.368 e. The lowest BCUT2D eigenvalue weighted by molar-refractivity contribution is -0.117. The maximum absolute atomic E-state index is 13.4. The second-order valence-corrected chi connectivity index (χ2v) is 5.82. The van der Waals surface area contributed by atoms with Crippen LogP contribution in [0.4, 0.5) is 16.2 Å². The van der Waals surface area contributed by atoms with Gasteiger partial charge in [0.25, 0.3) is 0 Å². The summed E-state index contributed by atoms with van der Waals surface area (Å²) >= 11 is 0. The molecule has 0 saturated heterocycles. The van der Waals surface area contributed by atoms with E-state index in [0.29, 0.717) is 17.8 Å². The molecule has 3 N–H and O–H groups in total. The zero-order valence-electron chi connectivity index (χ0n) is 13.6. The molecule has 2 rings (SSSR count). The van der Waals surface area contributed by atoms with Gasteiger partial charge in [0.1, 0.15) is 17.4 Å². The molecule has 0 bridgehead atoms. The van der Waals surface area contributed by atoms with Gasteiger partial charge in [-0.3, -0.25) is 0 Å². The number of hydrogen-bond donors (Lipinski definition) is 2. The Labute approximate surface area is 135 Å². The van der Waals surface area contributed by atoms with Crippen LogP contribution in [-0.2, 0) is 4.79 Å². The predicted octanol–water partition coefficient (Wildman–Crippen LogP) is 3.69. The van der Waals surface area contributed by atoms with Gasteiger partial charge < -0.3 is 15.8 Å². The standard InChI is InChI=1S/C17H23FN4O/c1-3-4-5-13(8-6-11(2)23)20-16-14-9-7-12(18)10-15(14)21-17(19)22-16/h7,9-10,13H,3-6,8H2,1-2H3,(H3,19,20,21,22)/t13-/m1/s1. The fourth-order valence-corrected chi connectivity index (χ4v) is 2.54. The maximum Gasteiger partial charge on any atom is 0.222 e. The highest BCUT2D eigenvalue weighted by molar-refractivity contribution is 5.90. The highest BCUT2D eigenvalue weighted by Crippen LogP contribution is 2.24. The van der Waals surface area contributed by atoms with Gasteiger partial charge >= 0.3 is 0 Å². The largest absolute Gasteiger partial charge is 0.368 e. The molecule has 0 aliphatic carbocycles. The molecule has 1 aromatic carbocycles. The van der Waals surface area contributed by atoms with Crippen molar-refractivity contribution in [3.05, 3.63) is 24.0 Å². The number of ketones is 1. The number of rotatable bonds is 8. The Morgan fingerprint density at radius 3 is 2.83 bits per heavy atom. The van der Waals surface area contributed by atoms with Crippen LogP contribution in [0.2, 0.25) is 0 Å². The Kier molecular flexibility index (Phi) is 5.84. The number of unbranched alkanes of at least 4 members (excludes halogenated alkanes) is 1. The molecule has 5 nitrogen and oxygen atoms in total. The number of halogens is 1. The first kappa shape index (κ1) is 17.1. The first-order valence-electron chi connectivity index (χ1n) is 7.98. The van der Waals surface area contributed by atoms with Crippen LogP contribution in [0.5, 0.6) is 0 Å². The minimum atomic E-state index is -0.360. The lowest BCUT2D eigenvalue weighted by Gasteiger charge is -2.20. The van der Waals surface area contributed by atoms with Crippen molar-refractivity contribution in [3.8, 4) is 0 Å². The molecule has 0 spiro atoms. The van der Waals surface area contributed by atoms with E-state index in [1.807, 2.05) is 0 Å². The molecule has 0 aliphatic heterocycles. The van der Waals surface area contributed by atoms with E-state index >= 15 is 0 Å². The van der Waals surface area contributed by atoms with Crippen molar-refractivity contribution in [2.45, 2.75) is 52.0 Å². The molecule has 1 heterocycles. The number of fused-ring (bicyclic) bond motifs is 1. The minimum absolute atomic E-state index is 0.103. The molecular formula is C17H23FN4O. The second-order valence-electron chi connectivity index (χ2n) is 5.82. The van der Waals surface area contributed by atoms with Crippen LogP contribution >= 0.6 is 0 Å². The first-order chi connectivity index (χ1) is 11.0. The third-order valence-electron chi connectivity index (χ3n) is 3.77. The zero-order valence-corrected chi connectivity index (χ0v) is 13.6. The zero-order chi connectivity index (χ0) is 16.8. The highest BCUT2D eigenvalue weighted by Gasteiger charge is 2.14. The van der Waals surface area contributed by atoms with Crippen LogP contribution in [0, 0.1) is 5.82 Å². The van der Waals surface area contributed by atoms with Gasteiger partial charge in [-0.05, 0) is 31.9 Å². The number of Topliss-reactive ketones (excluding diaryl/α,β-unsaturated/α-hetero) is 1. The highest BCUT2D eigenvalue weighted by atomic mass is 19.1. The fraction of sp³-hybridized carbons (Fsp3) is 0.471. The summed E-state index contributed by atoms with van der Waals surface area (Å²) in [6, 6.07) is 4.49. The fourth-order valence-electron chi connectivity index (χ4n) is 2.54. The molecule has 6 heteroatoms. The van der Waals surface area contributed by atoms with Crippen molar-refractivity contribution in [3.63, 3.8) is 0 Å². The molecule has 0 amide bonds. The SMILES string of the molecule is CCCC[C@H](CCC(C)=O)Nc1nc(N)nc2cc(F)ccc12. The molecule has 124 valence electrons. The van der Waals surface area contributed by atoms with Crippen LogP contribution in [0.25, 0.3) is 10.9 Å². The molecular weight excluding hydrogens is 295 g/mol. The topological polar surface area (TPSA) is 80.9 Å². The van der Waals surface area contributed by atoms with E-state index in [4.69, 9.17) is 5.73 Å². The summed E-state index contributed by atoms with van der Waals surface area (Å²) in [5.41, 5.74) is 6.21. The third-order valence-corrected chi connectivity index (χ3v) is 3.77. The first-order valence-corrected chi connectivity index (χ1v) is 7.98. The second kappa shape index (κ2) is 7.85. The number of carbonyl (C=O) groups excluding carboxylic acids is 1. The summed E-state index contributed by atoms with van der Waals surface area (Å²) in [4.78, 5) is 19.6. The molecule has 0 unspecified atom stereocenters. The molecule has 2 aromatic rings. The number of benzene rings is 1. The van der Waals surface area contributed by atoms with Crippen molar-refractivity contribution >= 4 is 28.5 Å². The smallest absolute Gasteiger partial charge is 0.222 e. The summed E-state index contributed by atoms with van der Waals surface area (Å²) in [5.74, 6) is 0.506. The van der Waals surface area contributed by atoms with Crippen LogP contribution in [0.15, 0.2) is 18.2 Å². The summed E-state index contributed by atoms with van der Waals surface area (Å²) in [7, 11) is 0.